The normalized spacial score (nSPS) is 10.0. The van der Waals surface area contributed by atoms with Gasteiger partial charge in [-0.05, 0) is 6.07 Å². The van der Waals surface area contributed by atoms with Gasteiger partial charge in [-0.1, -0.05) is 23.2 Å². The molecule has 1 aromatic heterocycles. The van der Waals surface area contributed by atoms with Gasteiger partial charge >= 0.3 is 5.97 Å². The van der Waals surface area contributed by atoms with Crippen LogP contribution >= 0.6 is 23.2 Å². The molecule has 0 aliphatic carbocycles. The molecule has 0 bridgehead atoms. The van der Waals surface area contributed by atoms with Crippen LogP contribution < -0.4 is 0 Å². The summed E-state index contributed by atoms with van der Waals surface area (Å²) < 4.78 is 5.98. The third-order valence-electron chi connectivity index (χ3n) is 1.51. The van der Waals surface area contributed by atoms with Gasteiger partial charge in [0, 0.05) is 7.05 Å². The van der Waals surface area contributed by atoms with Crippen LogP contribution in [0.5, 0.6) is 0 Å². The predicted molar refractivity (Wildman–Crippen MR) is 46.8 cm³/mol. The van der Waals surface area contributed by atoms with Gasteiger partial charge in [0.1, 0.15) is 10.8 Å². The van der Waals surface area contributed by atoms with Crippen molar-refractivity contribution in [1.29, 1.82) is 0 Å². The lowest BCUT2D eigenvalue weighted by Gasteiger charge is -2.00. The average molecular weight is 208 g/mol. The molecule has 0 spiro atoms. The third kappa shape index (κ3) is 1.42. The van der Waals surface area contributed by atoms with E-state index in [0.717, 1.165) is 0 Å². The van der Waals surface area contributed by atoms with Gasteiger partial charge in [-0.15, -0.1) is 0 Å². The van der Waals surface area contributed by atoms with Gasteiger partial charge in [0.15, 0.2) is 0 Å². The molecule has 0 aliphatic heterocycles. The molecule has 0 radical (unpaired) electrons. The fourth-order valence-corrected chi connectivity index (χ4v) is 1.22. The highest BCUT2D eigenvalue weighted by Gasteiger charge is 2.15. The number of hydrogen-bond donors (Lipinski definition) is 0. The van der Waals surface area contributed by atoms with Gasteiger partial charge in [-0.2, -0.15) is 0 Å². The first-order chi connectivity index (χ1) is 5.57. The number of aromatic nitrogens is 1. The highest BCUT2D eigenvalue weighted by molar-refractivity contribution is 6.41. The smallest absolute Gasteiger partial charge is 0.354 e. The van der Waals surface area contributed by atoms with Gasteiger partial charge in [0.05, 0.1) is 12.1 Å². The molecule has 0 fully saturated rings. The zero-order valence-electron chi connectivity index (χ0n) is 6.60. The molecule has 0 saturated heterocycles. The maximum atomic E-state index is 11.0. The molecule has 0 saturated carbocycles. The first-order valence-corrected chi connectivity index (χ1v) is 3.92. The molecule has 5 heteroatoms. The topological polar surface area (TPSA) is 31.2 Å². The molecule has 0 aromatic carbocycles. The fraction of sp³-hybridized carbons (Fsp3) is 0.286. The van der Waals surface area contributed by atoms with E-state index in [2.05, 4.69) is 4.74 Å². The van der Waals surface area contributed by atoms with Crippen LogP contribution in [0.3, 0.4) is 0 Å². The fourth-order valence-electron chi connectivity index (χ4n) is 0.843. The zero-order chi connectivity index (χ0) is 9.30. The molecule has 0 amide bonds. The molecule has 1 rings (SSSR count). The summed E-state index contributed by atoms with van der Waals surface area (Å²) in [5.41, 5.74) is 0.340. The highest BCUT2D eigenvalue weighted by atomic mass is 35.5. The molecule has 12 heavy (non-hydrogen) atoms. The van der Waals surface area contributed by atoms with Crippen molar-refractivity contribution in [3.05, 3.63) is 21.9 Å². The second kappa shape index (κ2) is 3.37. The second-order valence-electron chi connectivity index (χ2n) is 2.22. The summed E-state index contributed by atoms with van der Waals surface area (Å²) in [4.78, 5) is 11.0. The molecule has 0 N–H and O–H groups in total. The maximum Gasteiger partial charge on any atom is 0.354 e. The lowest BCUT2D eigenvalue weighted by Crippen LogP contribution is -2.07. The van der Waals surface area contributed by atoms with Crippen LogP contribution in [0, 0.1) is 0 Å². The molecule has 1 heterocycles. The summed E-state index contributed by atoms with van der Waals surface area (Å²) in [5.74, 6) is -0.453. The number of esters is 1. The molecule has 0 aliphatic rings. The van der Waals surface area contributed by atoms with E-state index in [1.54, 1.807) is 7.05 Å². The summed E-state index contributed by atoms with van der Waals surface area (Å²) in [6.07, 6.45) is 0. The SMILES string of the molecule is COC(=O)c1cc(Cl)c(Cl)n1C. The number of nitrogens with zero attached hydrogens (tertiary/aromatic N) is 1. The van der Waals surface area contributed by atoms with Crippen molar-refractivity contribution in [1.82, 2.24) is 4.57 Å². The minimum absolute atomic E-state index is 0.331. The largest absolute Gasteiger partial charge is 0.464 e. The van der Waals surface area contributed by atoms with Gasteiger partial charge in [-0.3, -0.25) is 0 Å². The van der Waals surface area contributed by atoms with Crippen molar-refractivity contribution in [2.75, 3.05) is 7.11 Å². The van der Waals surface area contributed by atoms with Gasteiger partial charge in [-0.25, -0.2) is 4.79 Å². The van der Waals surface area contributed by atoms with E-state index in [1.165, 1.54) is 17.7 Å². The van der Waals surface area contributed by atoms with Crippen LogP contribution in [0.2, 0.25) is 10.2 Å². The Labute approximate surface area is 79.8 Å². The highest BCUT2D eigenvalue weighted by Crippen LogP contribution is 2.25. The van der Waals surface area contributed by atoms with E-state index in [9.17, 15) is 4.79 Å². The van der Waals surface area contributed by atoms with Gasteiger partial charge in [0.2, 0.25) is 0 Å². The minimum atomic E-state index is -0.453. The van der Waals surface area contributed by atoms with E-state index in [1.807, 2.05) is 0 Å². The van der Waals surface area contributed by atoms with Crippen LogP contribution in [0.1, 0.15) is 10.5 Å². The molecule has 3 nitrogen and oxygen atoms in total. The number of carbonyl (C=O) groups excluding carboxylic acids is 1. The number of halogens is 2. The summed E-state index contributed by atoms with van der Waals surface area (Å²) in [5, 5.41) is 0.677. The van der Waals surface area contributed by atoms with E-state index in [4.69, 9.17) is 23.2 Å². The number of ether oxygens (including phenoxy) is 1. The lowest BCUT2D eigenvalue weighted by molar-refractivity contribution is 0.0590. The van der Waals surface area contributed by atoms with Crippen molar-refractivity contribution in [3.63, 3.8) is 0 Å². The van der Waals surface area contributed by atoms with Crippen LogP contribution in [0.15, 0.2) is 6.07 Å². The Morgan fingerprint density at radius 2 is 2.17 bits per heavy atom. The van der Waals surface area contributed by atoms with Crippen molar-refractivity contribution in [3.8, 4) is 0 Å². The van der Waals surface area contributed by atoms with Crippen molar-refractivity contribution >= 4 is 29.2 Å². The second-order valence-corrected chi connectivity index (χ2v) is 2.98. The van der Waals surface area contributed by atoms with Crippen LogP contribution in [-0.2, 0) is 11.8 Å². The minimum Gasteiger partial charge on any atom is -0.464 e. The Morgan fingerprint density at radius 1 is 1.58 bits per heavy atom. The molecule has 66 valence electrons. The Kier molecular flexibility index (Phi) is 2.65. The number of carbonyl (C=O) groups is 1. The Balaban J connectivity index is 3.17. The summed E-state index contributed by atoms with van der Waals surface area (Å²) in [6, 6.07) is 1.47. The summed E-state index contributed by atoms with van der Waals surface area (Å²) >= 11 is 11.4. The van der Waals surface area contributed by atoms with Crippen LogP contribution in [0.25, 0.3) is 0 Å². The lowest BCUT2D eigenvalue weighted by atomic mass is 10.4. The van der Waals surface area contributed by atoms with Crippen molar-refractivity contribution in [2.24, 2.45) is 7.05 Å². The van der Waals surface area contributed by atoms with Gasteiger partial charge < -0.3 is 9.30 Å². The van der Waals surface area contributed by atoms with Crippen LogP contribution in [-0.4, -0.2) is 17.6 Å². The molecule has 0 unspecified atom stereocenters. The Bertz CT molecular complexity index is 319. The Morgan fingerprint density at radius 3 is 2.50 bits per heavy atom. The van der Waals surface area contributed by atoms with Crippen molar-refractivity contribution in [2.45, 2.75) is 0 Å². The first kappa shape index (κ1) is 9.42. The number of hydrogen-bond acceptors (Lipinski definition) is 2. The average Bonchev–Trinajstić information content (AvgIpc) is 2.32. The number of rotatable bonds is 1. The molecule has 1 aromatic rings. The Hall–Kier alpha value is -0.670. The first-order valence-electron chi connectivity index (χ1n) is 3.17. The quantitative estimate of drug-likeness (QED) is 0.662. The van der Waals surface area contributed by atoms with Crippen LogP contribution in [0.4, 0.5) is 0 Å². The molecular weight excluding hydrogens is 201 g/mol. The monoisotopic (exact) mass is 207 g/mol. The van der Waals surface area contributed by atoms with E-state index in [0.29, 0.717) is 15.9 Å². The van der Waals surface area contributed by atoms with Gasteiger partial charge in [0.25, 0.3) is 0 Å². The molecular formula is C7H7Cl2NO2. The van der Waals surface area contributed by atoms with Crippen molar-refractivity contribution < 1.29 is 9.53 Å². The summed E-state index contributed by atoms with van der Waals surface area (Å²) in [7, 11) is 2.94. The standard InChI is InChI=1S/C7H7Cl2NO2/c1-10-5(7(11)12-2)3-4(8)6(10)9/h3H,1-2H3. The summed E-state index contributed by atoms with van der Waals surface area (Å²) in [6.45, 7) is 0. The predicted octanol–water partition coefficient (Wildman–Crippen LogP) is 2.12. The maximum absolute atomic E-state index is 11.0. The zero-order valence-corrected chi connectivity index (χ0v) is 8.11. The van der Waals surface area contributed by atoms with E-state index < -0.39 is 5.97 Å². The van der Waals surface area contributed by atoms with E-state index in [-0.39, 0.29) is 0 Å². The third-order valence-corrected chi connectivity index (χ3v) is 2.35. The molecule has 0 atom stereocenters. The van der Waals surface area contributed by atoms with E-state index >= 15 is 0 Å². The number of methoxy groups -OCH3 is 1.